The molecule has 0 N–H and O–H groups in total. The number of hydrogen-bond donors (Lipinski definition) is 0. The molecule has 0 atom stereocenters. The van der Waals surface area contributed by atoms with Crippen molar-refractivity contribution >= 4 is 27.3 Å². The Balaban J connectivity index is 1.97. The molecule has 1 heterocycles. The lowest BCUT2D eigenvalue weighted by molar-refractivity contribution is 0.0758. The number of sulfone groups is 1. The van der Waals surface area contributed by atoms with E-state index in [2.05, 4.69) is 0 Å². The first kappa shape index (κ1) is 17.4. The zero-order chi connectivity index (χ0) is 17.5. The van der Waals surface area contributed by atoms with Gasteiger partial charge in [0, 0.05) is 11.6 Å². The number of carbonyl (C=O) groups excluding carboxylic acids is 1. The average molecular weight is 376 g/mol. The van der Waals surface area contributed by atoms with E-state index in [9.17, 15) is 22.0 Å². The first-order chi connectivity index (χ1) is 11.3. The lowest BCUT2D eigenvalue weighted by Gasteiger charge is -2.25. The minimum absolute atomic E-state index is 0.0182. The Bertz CT molecular complexity index is 819. The Labute approximate surface area is 144 Å². The van der Waals surface area contributed by atoms with Gasteiger partial charge in [0.1, 0.15) is 16.3 Å². The van der Waals surface area contributed by atoms with Gasteiger partial charge in [-0.3, -0.25) is 4.79 Å². The fourth-order valence-corrected chi connectivity index (χ4v) is 4.73. The lowest BCUT2D eigenvalue weighted by Crippen LogP contribution is -2.36. The number of carbonyl (C=O) groups is 1. The van der Waals surface area contributed by atoms with Crippen LogP contribution >= 0.6 is 11.6 Å². The number of amides is 1. The van der Waals surface area contributed by atoms with Gasteiger partial charge < -0.3 is 4.90 Å². The van der Waals surface area contributed by atoms with Gasteiger partial charge in [-0.25, -0.2) is 17.2 Å². The Hall–Kier alpha value is -1.47. The number of hydrogen-bond acceptors (Lipinski definition) is 3. The number of halogens is 3. The summed E-state index contributed by atoms with van der Waals surface area (Å²) in [4.78, 5) is 13.1. The molecule has 1 aliphatic carbocycles. The van der Waals surface area contributed by atoms with Crippen LogP contribution in [-0.2, 0) is 9.84 Å². The number of nitrogens with zero attached hydrogens (tertiary/aromatic N) is 1. The zero-order valence-electron chi connectivity index (χ0n) is 12.8. The van der Waals surface area contributed by atoms with E-state index < -0.39 is 37.8 Å². The van der Waals surface area contributed by atoms with Crippen molar-refractivity contribution in [3.05, 3.63) is 40.4 Å². The van der Waals surface area contributed by atoms with Crippen LogP contribution < -0.4 is 0 Å². The third kappa shape index (κ3) is 3.47. The van der Waals surface area contributed by atoms with Crippen LogP contribution in [0.1, 0.15) is 29.6 Å². The Morgan fingerprint density at radius 2 is 2.00 bits per heavy atom. The third-order valence-electron chi connectivity index (χ3n) is 4.15. The molecule has 1 aliphatic heterocycles. The van der Waals surface area contributed by atoms with E-state index in [-0.39, 0.29) is 24.8 Å². The molecule has 0 aromatic heterocycles. The maximum Gasteiger partial charge on any atom is 0.260 e. The van der Waals surface area contributed by atoms with Crippen molar-refractivity contribution in [2.75, 3.05) is 18.8 Å². The largest absolute Gasteiger partial charge is 0.333 e. The van der Waals surface area contributed by atoms with Crippen molar-refractivity contribution in [1.82, 2.24) is 4.90 Å². The fourth-order valence-electron chi connectivity index (χ4n) is 2.69. The normalized spacial score (nSPS) is 18.5. The van der Waals surface area contributed by atoms with Crippen LogP contribution in [-0.4, -0.2) is 38.1 Å². The first-order valence-electron chi connectivity index (χ1n) is 7.64. The Morgan fingerprint density at radius 1 is 1.29 bits per heavy atom. The molecule has 1 saturated carbocycles. The minimum Gasteiger partial charge on any atom is -0.333 e. The van der Waals surface area contributed by atoms with Crippen molar-refractivity contribution in [2.24, 2.45) is 5.92 Å². The zero-order valence-corrected chi connectivity index (χ0v) is 14.3. The molecule has 1 aromatic carbocycles. The van der Waals surface area contributed by atoms with Gasteiger partial charge >= 0.3 is 0 Å². The standard InChI is InChI=1S/C16H16ClF2NO3S/c17-11-2-1-7-20(8-11)16(21)14-12(18)5-6-13(15(14)19)24(22,23)9-10-3-4-10/h2,5-6,10H,1,3-4,7-9H2. The molecule has 0 bridgehead atoms. The van der Waals surface area contributed by atoms with Crippen molar-refractivity contribution in [2.45, 2.75) is 24.2 Å². The summed E-state index contributed by atoms with van der Waals surface area (Å²) in [6.07, 6.45) is 3.78. The Morgan fingerprint density at radius 3 is 2.62 bits per heavy atom. The summed E-state index contributed by atoms with van der Waals surface area (Å²) in [5.74, 6) is -3.44. The summed E-state index contributed by atoms with van der Waals surface area (Å²) >= 11 is 5.87. The molecular formula is C16H16ClF2NO3S. The van der Waals surface area contributed by atoms with Crippen molar-refractivity contribution in [3.63, 3.8) is 0 Å². The van der Waals surface area contributed by atoms with Gasteiger partial charge in [-0.1, -0.05) is 17.7 Å². The molecule has 0 saturated heterocycles. The van der Waals surface area contributed by atoms with E-state index in [1.54, 1.807) is 6.08 Å². The van der Waals surface area contributed by atoms with Crippen LogP contribution in [0.2, 0.25) is 0 Å². The topological polar surface area (TPSA) is 54.5 Å². The van der Waals surface area contributed by atoms with Crippen LogP contribution in [0.5, 0.6) is 0 Å². The predicted octanol–water partition coefficient (Wildman–Crippen LogP) is 3.12. The van der Waals surface area contributed by atoms with E-state index in [1.807, 2.05) is 0 Å². The quantitative estimate of drug-likeness (QED) is 0.760. The summed E-state index contributed by atoms with van der Waals surface area (Å²) in [5, 5.41) is 0.410. The second kappa shape index (κ2) is 6.44. The van der Waals surface area contributed by atoms with Gasteiger partial charge in [0.25, 0.3) is 5.91 Å². The summed E-state index contributed by atoms with van der Waals surface area (Å²) < 4.78 is 53.4. The van der Waals surface area contributed by atoms with Gasteiger partial charge in [0.05, 0.1) is 12.3 Å². The monoisotopic (exact) mass is 375 g/mol. The van der Waals surface area contributed by atoms with Crippen LogP contribution in [0.4, 0.5) is 8.78 Å². The van der Waals surface area contributed by atoms with E-state index in [4.69, 9.17) is 11.6 Å². The molecule has 0 unspecified atom stereocenters. The van der Waals surface area contributed by atoms with Gasteiger partial charge in [-0.05, 0) is 37.3 Å². The van der Waals surface area contributed by atoms with Crippen LogP contribution in [0.3, 0.4) is 0 Å². The number of rotatable bonds is 4. The summed E-state index contributed by atoms with van der Waals surface area (Å²) in [6, 6.07) is 1.72. The van der Waals surface area contributed by atoms with E-state index in [0.29, 0.717) is 11.5 Å². The molecule has 2 aliphatic rings. The summed E-state index contributed by atoms with van der Waals surface area (Å²) in [5.41, 5.74) is -0.835. The average Bonchev–Trinajstić information content (AvgIpc) is 3.30. The van der Waals surface area contributed by atoms with Gasteiger partial charge in [0.2, 0.25) is 0 Å². The maximum absolute atomic E-state index is 14.7. The van der Waals surface area contributed by atoms with Gasteiger partial charge in [-0.2, -0.15) is 0 Å². The SMILES string of the molecule is O=C(c1c(F)ccc(S(=O)(=O)CC2CC2)c1F)N1CCC=C(Cl)C1. The first-order valence-corrected chi connectivity index (χ1v) is 9.67. The summed E-state index contributed by atoms with van der Waals surface area (Å²) in [6.45, 7) is 0.325. The van der Waals surface area contributed by atoms with E-state index in [0.717, 1.165) is 25.0 Å². The molecule has 1 amide bonds. The van der Waals surface area contributed by atoms with Crippen LogP contribution in [0.15, 0.2) is 28.1 Å². The highest BCUT2D eigenvalue weighted by molar-refractivity contribution is 7.91. The third-order valence-corrected chi connectivity index (χ3v) is 6.32. The molecule has 130 valence electrons. The molecular weight excluding hydrogens is 360 g/mol. The molecule has 1 fully saturated rings. The molecule has 0 spiro atoms. The molecule has 8 heteroatoms. The van der Waals surface area contributed by atoms with Crippen molar-refractivity contribution in [1.29, 1.82) is 0 Å². The molecule has 24 heavy (non-hydrogen) atoms. The number of benzene rings is 1. The smallest absolute Gasteiger partial charge is 0.260 e. The lowest BCUT2D eigenvalue weighted by atomic mass is 10.1. The minimum atomic E-state index is -3.89. The van der Waals surface area contributed by atoms with E-state index in [1.165, 1.54) is 4.90 Å². The van der Waals surface area contributed by atoms with Gasteiger partial charge in [0.15, 0.2) is 15.7 Å². The highest BCUT2D eigenvalue weighted by Gasteiger charge is 2.34. The highest BCUT2D eigenvalue weighted by Crippen LogP contribution is 2.33. The van der Waals surface area contributed by atoms with Crippen LogP contribution in [0.25, 0.3) is 0 Å². The van der Waals surface area contributed by atoms with Crippen molar-refractivity contribution < 1.29 is 22.0 Å². The molecule has 0 radical (unpaired) electrons. The second-order valence-electron chi connectivity index (χ2n) is 6.13. The maximum atomic E-state index is 14.7. The van der Waals surface area contributed by atoms with E-state index >= 15 is 0 Å². The van der Waals surface area contributed by atoms with Gasteiger partial charge in [-0.15, -0.1) is 0 Å². The highest BCUT2D eigenvalue weighted by atomic mass is 35.5. The second-order valence-corrected chi connectivity index (χ2v) is 8.61. The Kier molecular flexibility index (Phi) is 4.66. The molecule has 1 aromatic rings. The predicted molar refractivity (Wildman–Crippen MR) is 85.6 cm³/mol. The molecule has 4 nitrogen and oxygen atoms in total. The summed E-state index contributed by atoms with van der Waals surface area (Å²) in [7, 11) is -3.89. The van der Waals surface area contributed by atoms with Crippen LogP contribution in [0, 0.1) is 17.6 Å². The molecule has 3 rings (SSSR count). The van der Waals surface area contributed by atoms with Crippen molar-refractivity contribution in [3.8, 4) is 0 Å². The fraction of sp³-hybridized carbons (Fsp3) is 0.438.